The number of rotatable bonds is 2. The van der Waals surface area contributed by atoms with Gasteiger partial charge in [0, 0.05) is 12.6 Å². The summed E-state index contributed by atoms with van der Waals surface area (Å²) in [5, 5.41) is 22.1. The molecule has 2 rings (SSSR count). The molecule has 1 aromatic heterocycles. The molecule has 1 aromatic carbocycles. The van der Waals surface area contributed by atoms with Gasteiger partial charge in [-0.1, -0.05) is 18.2 Å². The number of hydrogen-bond acceptors (Lipinski definition) is 3. The molecule has 0 bridgehead atoms. The van der Waals surface area contributed by atoms with E-state index in [2.05, 4.69) is 11.2 Å². The smallest absolute Gasteiger partial charge is 0.103 e. The van der Waals surface area contributed by atoms with Crippen LogP contribution in [0.25, 0.3) is 11.3 Å². The van der Waals surface area contributed by atoms with Crippen molar-refractivity contribution in [2.24, 2.45) is 7.05 Å². The predicted octanol–water partition coefficient (Wildman–Crippen LogP) is 1.45. The Morgan fingerprint density at radius 1 is 1.50 bits per heavy atom. The second kappa shape index (κ2) is 4.17. The van der Waals surface area contributed by atoms with Crippen LogP contribution < -0.4 is 0 Å². The van der Waals surface area contributed by atoms with Crippen LogP contribution in [0.1, 0.15) is 11.1 Å². The van der Waals surface area contributed by atoms with Gasteiger partial charge in [-0.05, 0) is 11.6 Å². The first-order chi connectivity index (χ1) is 7.76. The summed E-state index contributed by atoms with van der Waals surface area (Å²) >= 11 is 0. The Morgan fingerprint density at radius 2 is 2.31 bits per heavy atom. The van der Waals surface area contributed by atoms with Crippen LogP contribution >= 0.6 is 0 Å². The first-order valence-corrected chi connectivity index (χ1v) is 4.88. The third kappa shape index (κ3) is 1.69. The SMILES string of the molecule is Cn1ncc(C#N)c1-c1cccc(CO)c1. The van der Waals surface area contributed by atoms with E-state index in [0.717, 1.165) is 16.8 Å². The molecule has 0 aliphatic heterocycles. The van der Waals surface area contributed by atoms with Crippen molar-refractivity contribution in [1.82, 2.24) is 9.78 Å². The van der Waals surface area contributed by atoms with Crippen molar-refractivity contribution in [2.75, 3.05) is 0 Å². The summed E-state index contributed by atoms with van der Waals surface area (Å²) in [6.07, 6.45) is 1.54. The van der Waals surface area contributed by atoms with Crippen LogP contribution in [0.4, 0.5) is 0 Å². The van der Waals surface area contributed by atoms with Crippen molar-refractivity contribution in [3.8, 4) is 17.3 Å². The van der Waals surface area contributed by atoms with E-state index in [1.807, 2.05) is 24.3 Å². The first-order valence-electron chi connectivity index (χ1n) is 4.88. The fraction of sp³-hybridized carbons (Fsp3) is 0.167. The highest BCUT2D eigenvalue weighted by atomic mass is 16.3. The van der Waals surface area contributed by atoms with E-state index in [1.54, 1.807) is 17.9 Å². The zero-order valence-corrected chi connectivity index (χ0v) is 8.88. The Kier molecular flexibility index (Phi) is 2.71. The van der Waals surface area contributed by atoms with Crippen molar-refractivity contribution in [3.63, 3.8) is 0 Å². The lowest BCUT2D eigenvalue weighted by Crippen LogP contribution is -1.95. The molecule has 2 aromatic rings. The quantitative estimate of drug-likeness (QED) is 0.821. The van der Waals surface area contributed by atoms with Gasteiger partial charge >= 0.3 is 0 Å². The van der Waals surface area contributed by atoms with Crippen LogP contribution in [-0.2, 0) is 13.7 Å². The molecule has 0 atom stereocenters. The second-order valence-corrected chi connectivity index (χ2v) is 3.50. The summed E-state index contributed by atoms with van der Waals surface area (Å²) in [7, 11) is 1.79. The summed E-state index contributed by atoms with van der Waals surface area (Å²) in [5.74, 6) is 0. The summed E-state index contributed by atoms with van der Waals surface area (Å²) in [6, 6.07) is 9.56. The number of aliphatic hydroxyl groups is 1. The lowest BCUT2D eigenvalue weighted by Gasteiger charge is -2.04. The molecule has 0 spiro atoms. The van der Waals surface area contributed by atoms with Crippen molar-refractivity contribution < 1.29 is 5.11 Å². The standard InChI is InChI=1S/C12H11N3O/c1-15-12(11(6-13)7-14-15)10-4-2-3-9(5-10)8-16/h2-5,7,16H,8H2,1H3. The van der Waals surface area contributed by atoms with Gasteiger partial charge in [0.1, 0.15) is 6.07 Å². The molecule has 0 radical (unpaired) electrons. The molecule has 0 aliphatic rings. The first kappa shape index (κ1) is 10.4. The Labute approximate surface area is 93.4 Å². The fourth-order valence-corrected chi connectivity index (χ4v) is 1.68. The third-order valence-corrected chi connectivity index (χ3v) is 2.44. The van der Waals surface area contributed by atoms with Crippen LogP contribution in [-0.4, -0.2) is 14.9 Å². The second-order valence-electron chi connectivity index (χ2n) is 3.50. The predicted molar refractivity (Wildman–Crippen MR) is 59.3 cm³/mol. The van der Waals surface area contributed by atoms with E-state index in [0.29, 0.717) is 5.56 Å². The monoisotopic (exact) mass is 213 g/mol. The highest BCUT2D eigenvalue weighted by Crippen LogP contribution is 2.23. The maximum Gasteiger partial charge on any atom is 0.103 e. The Hall–Kier alpha value is -2.12. The van der Waals surface area contributed by atoms with Crippen LogP contribution in [0.15, 0.2) is 30.5 Å². The third-order valence-electron chi connectivity index (χ3n) is 2.44. The highest BCUT2D eigenvalue weighted by molar-refractivity contribution is 5.67. The molecule has 4 nitrogen and oxygen atoms in total. The normalized spacial score (nSPS) is 10.1. The maximum absolute atomic E-state index is 9.07. The minimum atomic E-state index is -0.00637. The van der Waals surface area contributed by atoms with Crippen LogP contribution in [0.2, 0.25) is 0 Å². The van der Waals surface area contributed by atoms with E-state index in [4.69, 9.17) is 10.4 Å². The summed E-state index contributed by atoms with van der Waals surface area (Å²) in [6.45, 7) is -0.00637. The Morgan fingerprint density at radius 3 is 3.00 bits per heavy atom. The van der Waals surface area contributed by atoms with Gasteiger partial charge in [-0.3, -0.25) is 4.68 Å². The number of aryl methyl sites for hydroxylation is 1. The minimum Gasteiger partial charge on any atom is -0.392 e. The van der Waals surface area contributed by atoms with E-state index in [1.165, 1.54) is 0 Å². The molecule has 0 aliphatic carbocycles. The van der Waals surface area contributed by atoms with Gasteiger partial charge in [0.25, 0.3) is 0 Å². The Balaban J connectivity index is 2.58. The van der Waals surface area contributed by atoms with Gasteiger partial charge in [-0.2, -0.15) is 10.4 Å². The molecule has 16 heavy (non-hydrogen) atoms. The average Bonchev–Trinajstić information content (AvgIpc) is 2.70. The number of benzene rings is 1. The van der Waals surface area contributed by atoms with Gasteiger partial charge < -0.3 is 5.11 Å². The van der Waals surface area contributed by atoms with Crippen molar-refractivity contribution in [3.05, 3.63) is 41.6 Å². The molecule has 0 amide bonds. The average molecular weight is 213 g/mol. The highest BCUT2D eigenvalue weighted by Gasteiger charge is 2.10. The summed E-state index contributed by atoms with van der Waals surface area (Å²) in [4.78, 5) is 0. The molecule has 0 saturated heterocycles. The van der Waals surface area contributed by atoms with E-state index in [-0.39, 0.29) is 6.61 Å². The van der Waals surface area contributed by atoms with Crippen LogP contribution in [0, 0.1) is 11.3 Å². The topological polar surface area (TPSA) is 61.8 Å². The van der Waals surface area contributed by atoms with E-state index < -0.39 is 0 Å². The fourth-order valence-electron chi connectivity index (χ4n) is 1.68. The lowest BCUT2D eigenvalue weighted by molar-refractivity contribution is 0.282. The van der Waals surface area contributed by atoms with Crippen molar-refractivity contribution >= 4 is 0 Å². The number of aromatic nitrogens is 2. The molecule has 0 fully saturated rings. The van der Waals surface area contributed by atoms with E-state index >= 15 is 0 Å². The molecular weight excluding hydrogens is 202 g/mol. The van der Waals surface area contributed by atoms with Crippen LogP contribution in [0.5, 0.6) is 0 Å². The van der Waals surface area contributed by atoms with Gasteiger partial charge in [0.2, 0.25) is 0 Å². The van der Waals surface area contributed by atoms with Gasteiger partial charge in [0.05, 0.1) is 24.1 Å². The van der Waals surface area contributed by atoms with Gasteiger partial charge in [0.15, 0.2) is 0 Å². The van der Waals surface area contributed by atoms with Gasteiger partial charge in [-0.15, -0.1) is 0 Å². The summed E-state index contributed by atoms with van der Waals surface area (Å²) < 4.78 is 1.66. The molecular formula is C12H11N3O. The van der Waals surface area contributed by atoms with Crippen molar-refractivity contribution in [2.45, 2.75) is 6.61 Å². The zero-order chi connectivity index (χ0) is 11.5. The molecule has 0 unspecified atom stereocenters. The zero-order valence-electron chi connectivity index (χ0n) is 8.88. The molecule has 1 heterocycles. The molecule has 0 saturated carbocycles. The maximum atomic E-state index is 9.07. The largest absolute Gasteiger partial charge is 0.392 e. The number of aliphatic hydroxyl groups excluding tert-OH is 1. The lowest BCUT2D eigenvalue weighted by atomic mass is 10.1. The minimum absolute atomic E-state index is 0.00637. The molecule has 80 valence electrons. The molecule has 4 heteroatoms. The van der Waals surface area contributed by atoms with Crippen molar-refractivity contribution in [1.29, 1.82) is 5.26 Å². The van der Waals surface area contributed by atoms with Gasteiger partial charge in [-0.25, -0.2) is 0 Å². The number of nitriles is 1. The summed E-state index contributed by atoms with van der Waals surface area (Å²) in [5.41, 5.74) is 3.03. The Bertz CT molecular complexity index is 552. The number of hydrogen-bond donors (Lipinski definition) is 1. The molecule has 1 N–H and O–H groups in total. The number of nitrogens with zero attached hydrogens (tertiary/aromatic N) is 3. The van der Waals surface area contributed by atoms with E-state index in [9.17, 15) is 0 Å². The van der Waals surface area contributed by atoms with Crippen LogP contribution in [0.3, 0.4) is 0 Å².